The Labute approximate surface area is 173 Å². The number of allylic oxidation sites excluding steroid dienone is 2. The van der Waals surface area contributed by atoms with Crippen molar-refractivity contribution < 1.29 is 51.4 Å². The van der Waals surface area contributed by atoms with Gasteiger partial charge in [-0.3, -0.25) is 14.9 Å². The molecule has 3 N–H and O–H groups in total. The molecule has 0 aliphatic carbocycles. The Morgan fingerprint density at radius 1 is 0.968 bits per heavy atom. The van der Waals surface area contributed by atoms with Gasteiger partial charge in [0, 0.05) is 11.4 Å². The van der Waals surface area contributed by atoms with Crippen molar-refractivity contribution in [1.82, 2.24) is 16.0 Å². The standard InChI is InChI=1S/C17H20F3N3O8/c1-7-10(13(25)29-3)12(11(8(2)22-7)14(26)30-4)15(27)31-5-9(24)23-16(28)21-6-17(18,19)20/h12,22H,5-6H2,1-4H3,(H2,21,23,24,28). The molecule has 0 spiro atoms. The average Bonchev–Trinajstić information content (AvgIpc) is 2.68. The lowest BCUT2D eigenvalue weighted by Gasteiger charge is -2.28. The van der Waals surface area contributed by atoms with E-state index in [1.54, 1.807) is 0 Å². The lowest BCUT2D eigenvalue weighted by molar-refractivity contribution is -0.153. The Morgan fingerprint density at radius 3 is 1.87 bits per heavy atom. The first-order valence-corrected chi connectivity index (χ1v) is 8.48. The second-order valence-corrected chi connectivity index (χ2v) is 6.07. The summed E-state index contributed by atoms with van der Waals surface area (Å²) in [5.74, 6) is -6.02. The number of hydrogen-bond acceptors (Lipinski definition) is 9. The number of carbonyl (C=O) groups excluding carboxylic acids is 5. The number of halogens is 3. The van der Waals surface area contributed by atoms with E-state index in [9.17, 15) is 37.1 Å². The number of ether oxygens (including phenoxy) is 3. The van der Waals surface area contributed by atoms with Crippen LogP contribution < -0.4 is 16.0 Å². The minimum absolute atomic E-state index is 0.176. The van der Waals surface area contributed by atoms with Crippen LogP contribution in [0.15, 0.2) is 22.5 Å². The largest absolute Gasteiger partial charge is 0.466 e. The number of methoxy groups -OCH3 is 2. The van der Waals surface area contributed by atoms with E-state index in [1.165, 1.54) is 24.5 Å². The summed E-state index contributed by atoms with van der Waals surface area (Å²) in [5.41, 5.74) is -0.200. The van der Waals surface area contributed by atoms with Gasteiger partial charge in [0.2, 0.25) is 0 Å². The predicted octanol–water partition coefficient (Wildman–Crippen LogP) is 0.0311. The molecule has 0 radical (unpaired) electrons. The van der Waals surface area contributed by atoms with E-state index >= 15 is 0 Å². The van der Waals surface area contributed by atoms with Crippen molar-refractivity contribution >= 4 is 29.8 Å². The molecular formula is C17H20F3N3O8. The average molecular weight is 451 g/mol. The lowest BCUT2D eigenvalue weighted by Crippen LogP contribution is -2.45. The van der Waals surface area contributed by atoms with Crippen molar-refractivity contribution in [2.24, 2.45) is 5.92 Å². The zero-order valence-corrected chi connectivity index (χ0v) is 16.9. The van der Waals surface area contributed by atoms with E-state index in [2.05, 4.69) is 14.8 Å². The van der Waals surface area contributed by atoms with E-state index in [1.807, 2.05) is 0 Å². The Balaban J connectivity index is 2.96. The van der Waals surface area contributed by atoms with Gasteiger partial charge in [-0.1, -0.05) is 0 Å². The number of imide groups is 1. The first-order chi connectivity index (χ1) is 14.3. The lowest BCUT2D eigenvalue weighted by atomic mass is 9.85. The quantitative estimate of drug-likeness (QED) is 0.376. The molecular weight excluding hydrogens is 431 g/mol. The monoisotopic (exact) mass is 451 g/mol. The highest BCUT2D eigenvalue weighted by molar-refractivity contribution is 6.06. The third-order valence-electron chi connectivity index (χ3n) is 3.85. The highest BCUT2D eigenvalue weighted by Crippen LogP contribution is 2.32. The number of urea groups is 1. The number of amides is 3. The first kappa shape index (κ1) is 25.5. The topological polar surface area (TPSA) is 149 Å². The van der Waals surface area contributed by atoms with Crippen molar-refractivity contribution in [3.05, 3.63) is 22.5 Å². The van der Waals surface area contributed by atoms with Crippen LogP contribution in [-0.2, 0) is 33.4 Å². The molecule has 0 atom stereocenters. The Bertz CT molecular complexity index is 810. The van der Waals surface area contributed by atoms with Crippen LogP contribution in [0.3, 0.4) is 0 Å². The summed E-state index contributed by atoms with van der Waals surface area (Å²) in [4.78, 5) is 59.9. The van der Waals surface area contributed by atoms with Crippen LogP contribution in [0.1, 0.15) is 13.8 Å². The zero-order valence-electron chi connectivity index (χ0n) is 16.9. The SMILES string of the molecule is COC(=O)C1=C(C)NC(C)=C(C(=O)OC)C1C(=O)OCC(=O)NC(=O)NCC(F)(F)F. The molecule has 31 heavy (non-hydrogen) atoms. The molecule has 172 valence electrons. The second kappa shape index (κ2) is 10.4. The number of nitrogens with one attached hydrogen (secondary N) is 3. The fraction of sp³-hybridized carbons (Fsp3) is 0.471. The molecule has 0 unspecified atom stereocenters. The normalized spacial score (nSPS) is 14.4. The molecule has 0 bridgehead atoms. The number of carbonyl (C=O) groups is 5. The Hall–Kier alpha value is -3.58. The highest BCUT2D eigenvalue weighted by atomic mass is 19.4. The van der Waals surface area contributed by atoms with Gasteiger partial charge in [-0.05, 0) is 13.8 Å². The van der Waals surface area contributed by atoms with Crippen molar-refractivity contribution in [1.29, 1.82) is 0 Å². The summed E-state index contributed by atoms with van der Waals surface area (Å²) < 4.78 is 50.2. The molecule has 0 aromatic carbocycles. The van der Waals surface area contributed by atoms with Crippen molar-refractivity contribution in [3.63, 3.8) is 0 Å². The Kier molecular flexibility index (Phi) is 8.58. The van der Waals surface area contributed by atoms with Gasteiger partial charge in [0.15, 0.2) is 6.61 Å². The van der Waals surface area contributed by atoms with E-state index in [4.69, 9.17) is 4.74 Å². The molecule has 11 nitrogen and oxygen atoms in total. The van der Waals surface area contributed by atoms with Crippen LogP contribution in [-0.4, -0.2) is 63.4 Å². The van der Waals surface area contributed by atoms with Gasteiger partial charge in [0.1, 0.15) is 12.5 Å². The molecule has 14 heteroatoms. The number of alkyl halides is 3. The zero-order chi connectivity index (χ0) is 23.9. The minimum Gasteiger partial charge on any atom is -0.466 e. The minimum atomic E-state index is -4.69. The number of rotatable bonds is 6. The molecule has 0 saturated carbocycles. The number of dihydropyridines is 1. The van der Waals surface area contributed by atoms with Gasteiger partial charge >= 0.3 is 30.1 Å². The number of esters is 3. The highest BCUT2D eigenvalue weighted by Gasteiger charge is 2.42. The van der Waals surface area contributed by atoms with Crippen LogP contribution in [0, 0.1) is 5.92 Å². The molecule has 1 aliphatic heterocycles. The van der Waals surface area contributed by atoms with Crippen LogP contribution in [0.5, 0.6) is 0 Å². The van der Waals surface area contributed by atoms with E-state index in [0.717, 1.165) is 14.2 Å². The van der Waals surface area contributed by atoms with Gasteiger partial charge in [-0.15, -0.1) is 0 Å². The van der Waals surface area contributed by atoms with Crippen LogP contribution in [0.2, 0.25) is 0 Å². The smallest absolute Gasteiger partial charge is 0.405 e. The summed E-state index contributed by atoms with van der Waals surface area (Å²) in [6.45, 7) is 0.104. The third kappa shape index (κ3) is 7.01. The molecule has 3 amide bonds. The fourth-order valence-corrected chi connectivity index (χ4v) is 2.60. The molecule has 0 aromatic heterocycles. The van der Waals surface area contributed by atoms with Crippen LogP contribution in [0.4, 0.5) is 18.0 Å². The van der Waals surface area contributed by atoms with E-state index < -0.39 is 55.1 Å². The maximum Gasteiger partial charge on any atom is 0.405 e. The van der Waals surface area contributed by atoms with Crippen molar-refractivity contribution in [2.75, 3.05) is 27.4 Å². The van der Waals surface area contributed by atoms with E-state index in [-0.39, 0.29) is 22.5 Å². The van der Waals surface area contributed by atoms with Gasteiger partial charge in [0.05, 0.1) is 25.4 Å². The molecule has 1 aliphatic rings. The van der Waals surface area contributed by atoms with Crippen LogP contribution in [0.25, 0.3) is 0 Å². The number of hydrogen-bond donors (Lipinski definition) is 3. The molecule has 1 rings (SSSR count). The van der Waals surface area contributed by atoms with E-state index in [0.29, 0.717) is 0 Å². The third-order valence-corrected chi connectivity index (χ3v) is 3.85. The van der Waals surface area contributed by atoms with Gasteiger partial charge in [-0.2, -0.15) is 13.2 Å². The second-order valence-electron chi connectivity index (χ2n) is 6.07. The van der Waals surface area contributed by atoms with Crippen LogP contribution >= 0.6 is 0 Å². The molecule has 0 fully saturated rings. The predicted molar refractivity (Wildman–Crippen MR) is 94.6 cm³/mol. The van der Waals surface area contributed by atoms with Crippen molar-refractivity contribution in [3.8, 4) is 0 Å². The molecule has 0 saturated heterocycles. The summed E-state index contributed by atoms with van der Waals surface area (Å²) in [7, 11) is 2.09. The summed E-state index contributed by atoms with van der Waals surface area (Å²) >= 11 is 0. The molecule has 1 heterocycles. The maximum absolute atomic E-state index is 12.6. The fourth-order valence-electron chi connectivity index (χ4n) is 2.60. The van der Waals surface area contributed by atoms with Gasteiger partial charge < -0.3 is 24.8 Å². The summed E-state index contributed by atoms with van der Waals surface area (Å²) in [5, 5.41) is 5.66. The van der Waals surface area contributed by atoms with Crippen molar-refractivity contribution in [2.45, 2.75) is 20.0 Å². The Morgan fingerprint density at radius 2 is 1.45 bits per heavy atom. The summed E-state index contributed by atoms with van der Waals surface area (Å²) in [6.07, 6.45) is -4.69. The molecule has 0 aromatic rings. The summed E-state index contributed by atoms with van der Waals surface area (Å²) in [6, 6.07) is -1.46. The first-order valence-electron chi connectivity index (χ1n) is 8.48. The maximum atomic E-state index is 12.6. The van der Waals surface area contributed by atoms with Gasteiger partial charge in [0.25, 0.3) is 5.91 Å². The van der Waals surface area contributed by atoms with Gasteiger partial charge in [-0.25, -0.2) is 14.4 Å².